The number of rotatable bonds is 13. The molecule has 0 spiro atoms. The lowest BCUT2D eigenvalue weighted by molar-refractivity contribution is -0.392. The van der Waals surface area contributed by atoms with E-state index in [-0.39, 0.29) is 0 Å². The second kappa shape index (κ2) is 19.6. The molecular formula is C30H52O26. The molecule has 0 saturated carbocycles. The number of aliphatic hydroxyl groups is 17. The Labute approximate surface area is 316 Å². The van der Waals surface area contributed by atoms with Crippen LogP contribution in [0.15, 0.2) is 0 Å². The first-order valence-corrected chi connectivity index (χ1v) is 17.6. The molecule has 0 aromatic rings. The molecule has 0 radical (unpaired) electrons. The van der Waals surface area contributed by atoms with Gasteiger partial charge in [-0.3, -0.25) is 0 Å². The van der Waals surface area contributed by atoms with E-state index in [2.05, 4.69) is 0 Å². The fraction of sp³-hybridized carbons (Fsp3) is 1.00. The summed E-state index contributed by atoms with van der Waals surface area (Å²) in [5.41, 5.74) is 0. The van der Waals surface area contributed by atoms with Crippen molar-refractivity contribution < 1.29 is 129 Å². The fourth-order valence-corrected chi connectivity index (χ4v) is 7.03. The second-order valence-electron chi connectivity index (χ2n) is 13.9. The van der Waals surface area contributed by atoms with Crippen LogP contribution < -0.4 is 0 Å². The summed E-state index contributed by atoms with van der Waals surface area (Å²) in [6.07, 6.45) is -45.8. The van der Waals surface area contributed by atoms with Crippen LogP contribution in [-0.2, 0) is 42.6 Å². The lowest BCUT2D eigenvalue weighted by Gasteiger charge is -2.49. The first-order chi connectivity index (χ1) is 26.5. The SMILES string of the molecule is OC[C@@H]1O[C@H](O)[C@H](O)[C@H](O)[C@@H]1O[C@@H]1O[C@H](CO)[C@H](O[C@@H]2O[C@H](CO)[C@H](O[C@@H]3O[C@H](CO)[C@H](O[C@@H]4O[C@H](CO)[C@@H](O)[C@H](O)[C@@H]4O)[C@H](O)[C@@H]3O)[C@H](O)[C@@H]2O)[C@@H](O)[C@H]1O. The average molecular weight is 829 g/mol. The van der Waals surface area contributed by atoms with Crippen molar-refractivity contribution in [1.29, 1.82) is 0 Å². The van der Waals surface area contributed by atoms with Gasteiger partial charge in [0.15, 0.2) is 31.5 Å². The van der Waals surface area contributed by atoms with Crippen molar-refractivity contribution in [2.75, 3.05) is 33.0 Å². The van der Waals surface area contributed by atoms with Crippen LogP contribution in [0.3, 0.4) is 0 Å². The van der Waals surface area contributed by atoms with E-state index >= 15 is 0 Å². The molecule has 5 heterocycles. The summed E-state index contributed by atoms with van der Waals surface area (Å²) in [4.78, 5) is 0. The molecule has 5 fully saturated rings. The van der Waals surface area contributed by atoms with Gasteiger partial charge in [0.1, 0.15) is 122 Å². The molecule has 25 atom stereocenters. The third kappa shape index (κ3) is 9.16. The van der Waals surface area contributed by atoms with Gasteiger partial charge in [-0.15, -0.1) is 0 Å². The van der Waals surface area contributed by atoms with Crippen molar-refractivity contribution >= 4 is 0 Å². The van der Waals surface area contributed by atoms with Gasteiger partial charge in [-0.25, -0.2) is 0 Å². The lowest BCUT2D eigenvalue weighted by atomic mass is 9.95. The van der Waals surface area contributed by atoms with Crippen molar-refractivity contribution in [3.8, 4) is 0 Å². The molecule has 5 rings (SSSR count). The molecule has 17 N–H and O–H groups in total. The molecule has 5 aliphatic rings. The summed E-state index contributed by atoms with van der Waals surface area (Å²) < 4.78 is 49.1. The topological polar surface area (TPSA) is 427 Å². The van der Waals surface area contributed by atoms with Crippen LogP contribution >= 0.6 is 0 Å². The Hall–Kier alpha value is -1.04. The number of hydrogen-bond donors (Lipinski definition) is 17. The van der Waals surface area contributed by atoms with Crippen molar-refractivity contribution in [2.24, 2.45) is 0 Å². The van der Waals surface area contributed by atoms with Crippen LogP contribution in [0.2, 0.25) is 0 Å². The Bertz CT molecular complexity index is 1200. The van der Waals surface area contributed by atoms with Crippen molar-refractivity contribution in [3.05, 3.63) is 0 Å². The molecule has 56 heavy (non-hydrogen) atoms. The Kier molecular flexibility index (Phi) is 16.1. The Morgan fingerprint density at radius 2 is 0.518 bits per heavy atom. The zero-order chi connectivity index (χ0) is 41.3. The average Bonchev–Trinajstić information content (AvgIpc) is 3.19. The largest absolute Gasteiger partial charge is 0.394 e. The van der Waals surface area contributed by atoms with E-state index in [1.54, 1.807) is 0 Å². The van der Waals surface area contributed by atoms with E-state index in [0.717, 1.165) is 0 Å². The Morgan fingerprint density at radius 3 is 0.821 bits per heavy atom. The maximum Gasteiger partial charge on any atom is 0.187 e. The second-order valence-corrected chi connectivity index (χ2v) is 13.9. The van der Waals surface area contributed by atoms with Crippen LogP contribution in [0.25, 0.3) is 0 Å². The smallest absolute Gasteiger partial charge is 0.187 e. The molecule has 5 aliphatic heterocycles. The van der Waals surface area contributed by atoms with Crippen molar-refractivity contribution in [3.63, 3.8) is 0 Å². The van der Waals surface area contributed by atoms with Gasteiger partial charge in [0.05, 0.1) is 33.0 Å². The van der Waals surface area contributed by atoms with E-state index in [0.29, 0.717) is 0 Å². The summed E-state index contributed by atoms with van der Waals surface area (Å²) in [6.45, 7) is -4.51. The molecule has 0 aromatic carbocycles. The van der Waals surface area contributed by atoms with Crippen LogP contribution in [0, 0.1) is 0 Å². The van der Waals surface area contributed by atoms with E-state index in [1.807, 2.05) is 0 Å². The summed E-state index contributed by atoms with van der Waals surface area (Å²) >= 11 is 0. The normalized spacial score (nSPS) is 53.2. The van der Waals surface area contributed by atoms with Gasteiger partial charge in [-0.05, 0) is 0 Å². The molecule has 5 saturated heterocycles. The van der Waals surface area contributed by atoms with E-state index in [4.69, 9.17) is 42.6 Å². The molecular weight excluding hydrogens is 776 g/mol. The van der Waals surface area contributed by atoms with E-state index in [1.165, 1.54) is 0 Å². The fourth-order valence-electron chi connectivity index (χ4n) is 7.03. The minimum absolute atomic E-state index is 0.811. The van der Waals surface area contributed by atoms with Gasteiger partial charge in [-0.2, -0.15) is 0 Å². The molecule has 328 valence electrons. The highest BCUT2D eigenvalue weighted by Crippen LogP contribution is 2.35. The summed E-state index contributed by atoms with van der Waals surface area (Å²) in [7, 11) is 0. The minimum atomic E-state index is -2.12. The highest BCUT2D eigenvalue weighted by Gasteiger charge is 2.56. The van der Waals surface area contributed by atoms with Crippen molar-refractivity contribution in [1.82, 2.24) is 0 Å². The number of aliphatic hydroxyl groups excluding tert-OH is 17. The quantitative estimate of drug-likeness (QED) is 0.0819. The highest BCUT2D eigenvalue weighted by atomic mass is 16.8. The number of hydrogen-bond acceptors (Lipinski definition) is 26. The maximum absolute atomic E-state index is 11.1. The molecule has 0 unspecified atom stereocenters. The monoisotopic (exact) mass is 828 g/mol. The lowest BCUT2D eigenvalue weighted by Crippen LogP contribution is -2.68. The third-order valence-corrected chi connectivity index (χ3v) is 10.3. The standard InChI is InChI=1S/C30H52O26/c31-1-6-11(36)12(37)18(43)27(49-6)54-23-8(3-33)51-29(20(45)14(23)39)56-25-10(5-35)52-30(21(46)16(25)41)55-24-9(4-34)50-28(19(44)15(24)40)53-22-7(2-32)48-26(47)17(42)13(22)38/h6-47H,1-5H2/t6-,7+,8-,9-,10-,11-,12+,13+,14-,15+,16-,17-,18+,19-,20+,21+,22-,23+,24+,25+,26+,27+,28+,29+,30+/m1/s1. The molecule has 26 nitrogen and oxygen atoms in total. The third-order valence-electron chi connectivity index (χ3n) is 10.3. The highest BCUT2D eigenvalue weighted by molar-refractivity contribution is 4.99. The first kappa shape index (κ1) is 46.0. The predicted molar refractivity (Wildman–Crippen MR) is 167 cm³/mol. The Morgan fingerprint density at radius 1 is 0.268 bits per heavy atom. The van der Waals surface area contributed by atoms with Gasteiger partial charge in [0, 0.05) is 0 Å². The molecule has 0 aromatic heterocycles. The number of ether oxygens (including phenoxy) is 9. The van der Waals surface area contributed by atoms with Gasteiger partial charge >= 0.3 is 0 Å². The van der Waals surface area contributed by atoms with E-state index in [9.17, 15) is 86.8 Å². The molecule has 0 aliphatic carbocycles. The van der Waals surface area contributed by atoms with Gasteiger partial charge in [0.25, 0.3) is 0 Å². The summed E-state index contributed by atoms with van der Waals surface area (Å²) in [5.74, 6) is 0. The Balaban J connectivity index is 1.22. The summed E-state index contributed by atoms with van der Waals surface area (Å²) in [6, 6.07) is 0. The van der Waals surface area contributed by atoms with Crippen LogP contribution in [0.5, 0.6) is 0 Å². The predicted octanol–water partition coefficient (Wildman–Crippen LogP) is -11.9. The summed E-state index contributed by atoms with van der Waals surface area (Å²) in [5, 5.41) is 176. The van der Waals surface area contributed by atoms with Crippen LogP contribution in [-0.4, -0.2) is 273 Å². The van der Waals surface area contributed by atoms with Crippen LogP contribution in [0.4, 0.5) is 0 Å². The molecule has 26 heteroatoms. The van der Waals surface area contributed by atoms with Crippen molar-refractivity contribution in [2.45, 2.75) is 154 Å². The minimum Gasteiger partial charge on any atom is -0.394 e. The van der Waals surface area contributed by atoms with Crippen LogP contribution in [0.1, 0.15) is 0 Å². The maximum atomic E-state index is 11.1. The van der Waals surface area contributed by atoms with Gasteiger partial charge < -0.3 is 129 Å². The van der Waals surface area contributed by atoms with Gasteiger partial charge in [0.2, 0.25) is 0 Å². The molecule has 0 bridgehead atoms. The molecule has 0 amide bonds. The first-order valence-electron chi connectivity index (χ1n) is 17.6. The van der Waals surface area contributed by atoms with Gasteiger partial charge in [-0.1, -0.05) is 0 Å². The zero-order valence-electron chi connectivity index (χ0n) is 29.2. The van der Waals surface area contributed by atoms with E-state index < -0.39 is 187 Å². The zero-order valence-corrected chi connectivity index (χ0v) is 29.2.